The van der Waals surface area contributed by atoms with Gasteiger partial charge in [0.15, 0.2) is 0 Å². The fourth-order valence-electron chi connectivity index (χ4n) is 2.47. The van der Waals surface area contributed by atoms with Gasteiger partial charge >= 0.3 is 0 Å². The van der Waals surface area contributed by atoms with Crippen LogP contribution in [0.1, 0.15) is 12.8 Å². The van der Waals surface area contributed by atoms with Crippen LogP contribution in [0.15, 0.2) is 24.3 Å². The highest BCUT2D eigenvalue weighted by Crippen LogP contribution is 2.38. The monoisotopic (exact) mass is 275 g/mol. The molecule has 3 rings (SSSR count). The van der Waals surface area contributed by atoms with Crippen molar-refractivity contribution in [1.82, 2.24) is 0 Å². The Morgan fingerprint density at radius 3 is 2.85 bits per heavy atom. The van der Waals surface area contributed by atoms with Gasteiger partial charge in [-0.15, -0.1) is 0 Å². The van der Waals surface area contributed by atoms with Gasteiger partial charge < -0.3 is 10.2 Å². The topological polar surface area (TPSA) is 92.5 Å². The lowest BCUT2D eigenvalue weighted by atomic mass is 10.2. The first-order valence-electron chi connectivity index (χ1n) is 6.41. The molecule has 0 spiro atoms. The first-order chi connectivity index (χ1) is 9.58. The van der Waals surface area contributed by atoms with E-state index in [0.29, 0.717) is 11.4 Å². The third kappa shape index (κ3) is 2.11. The van der Waals surface area contributed by atoms with E-state index in [0.717, 1.165) is 0 Å². The van der Waals surface area contributed by atoms with Crippen LogP contribution >= 0.6 is 0 Å². The van der Waals surface area contributed by atoms with Crippen LogP contribution in [0.2, 0.25) is 0 Å². The molecule has 2 atom stereocenters. The second kappa shape index (κ2) is 4.59. The number of amides is 2. The van der Waals surface area contributed by atoms with Crippen molar-refractivity contribution >= 4 is 23.2 Å². The minimum Gasteiger partial charge on any atom is -0.324 e. The molecule has 104 valence electrons. The number of fused-ring (bicyclic) bond motifs is 1. The molecule has 0 saturated heterocycles. The molecule has 7 nitrogen and oxygen atoms in total. The second-order valence-electron chi connectivity index (χ2n) is 5.00. The van der Waals surface area contributed by atoms with E-state index in [1.165, 1.54) is 4.90 Å². The maximum atomic E-state index is 12.4. The molecule has 1 aromatic rings. The number of benzene rings is 1. The number of nitrogens with zero attached hydrogens (tertiary/aromatic N) is 2. The first kappa shape index (κ1) is 12.6. The Morgan fingerprint density at radius 2 is 2.15 bits per heavy atom. The Bertz CT molecular complexity index is 601. The van der Waals surface area contributed by atoms with Gasteiger partial charge in [-0.05, 0) is 12.1 Å². The summed E-state index contributed by atoms with van der Waals surface area (Å²) in [7, 11) is 0. The number of carbonyl (C=O) groups excluding carboxylic acids is 2. The van der Waals surface area contributed by atoms with Crippen LogP contribution in [-0.2, 0) is 9.59 Å². The lowest BCUT2D eigenvalue weighted by Gasteiger charge is -2.21. The summed E-state index contributed by atoms with van der Waals surface area (Å²) >= 11 is 0. The van der Waals surface area contributed by atoms with E-state index in [4.69, 9.17) is 0 Å². The summed E-state index contributed by atoms with van der Waals surface area (Å²) in [6, 6.07) is 6.22. The number of para-hydroxylation sites is 2. The van der Waals surface area contributed by atoms with Crippen molar-refractivity contribution in [1.29, 1.82) is 0 Å². The van der Waals surface area contributed by atoms with Crippen LogP contribution < -0.4 is 10.2 Å². The number of anilines is 2. The summed E-state index contributed by atoms with van der Waals surface area (Å²) in [5, 5.41) is 13.4. The fourth-order valence-corrected chi connectivity index (χ4v) is 2.47. The number of nitrogens with one attached hydrogen (secondary N) is 1. The fraction of sp³-hybridized carbons (Fsp3) is 0.385. The van der Waals surface area contributed by atoms with E-state index in [1.807, 2.05) is 0 Å². The Kier molecular flexibility index (Phi) is 2.89. The highest BCUT2D eigenvalue weighted by atomic mass is 16.6. The van der Waals surface area contributed by atoms with Crippen molar-refractivity contribution < 1.29 is 14.5 Å². The normalized spacial score (nSPS) is 24.4. The van der Waals surface area contributed by atoms with E-state index < -0.39 is 16.9 Å². The Balaban J connectivity index is 1.88. The van der Waals surface area contributed by atoms with Gasteiger partial charge in [0.2, 0.25) is 17.9 Å². The quantitative estimate of drug-likeness (QED) is 0.644. The molecule has 1 aromatic carbocycles. The summed E-state index contributed by atoms with van der Waals surface area (Å²) in [5.41, 5.74) is 1.18. The Hall–Kier alpha value is -2.44. The number of rotatable bonds is 2. The van der Waals surface area contributed by atoms with Gasteiger partial charge in [0.25, 0.3) is 0 Å². The third-order valence-corrected chi connectivity index (χ3v) is 3.64. The standard InChI is InChI=1S/C13H13N3O4/c17-12-5-6-15(10-4-2-1-3-9(10)14-12)13(18)8-7-11(8)16(19)20/h1-4,8,11H,5-7H2,(H,14,17)/t8-,11-/m0/s1. The molecule has 1 heterocycles. The molecule has 0 unspecified atom stereocenters. The van der Waals surface area contributed by atoms with Gasteiger partial charge in [0.05, 0.1) is 11.4 Å². The van der Waals surface area contributed by atoms with Crippen molar-refractivity contribution in [2.75, 3.05) is 16.8 Å². The van der Waals surface area contributed by atoms with Gasteiger partial charge in [0, 0.05) is 24.3 Å². The highest BCUT2D eigenvalue weighted by Gasteiger charge is 2.55. The molecule has 20 heavy (non-hydrogen) atoms. The van der Waals surface area contributed by atoms with E-state index >= 15 is 0 Å². The van der Waals surface area contributed by atoms with E-state index in [9.17, 15) is 19.7 Å². The number of nitro groups is 1. The maximum absolute atomic E-state index is 12.4. The van der Waals surface area contributed by atoms with Gasteiger partial charge in [0.1, 0.15) is 5.92 Å². The average molecular weight is 275 g/mol. The minimum absolute atomic E-state index is 0.158. The minimum atomic E-state index is -0.776. The molecular weight excluding hydrogens is 262 g/mol. The number of hydrogen-bond acceptors (Lipinski definition) is 4. The maximum Gasteiger partial charge on any atom is 0.237 e. The van der Waals surface area contributed by atoms with Crippen LogP contribution in [0.4, 0.5) is 11.4 Å². The van der Waals surface area contributed by atoms with Crippen LogP contribution in [-0.4, -0.2) is 29.3 Å². The predicted octanol–water partition coefficient (Wildman–Crippen LogP) is 1.03. The molecular formula is C13H13N3O4. The molecule has 1 aliphatic carbocycles. The summed E-state index contributed by atoms with van der Waals surface area (Å²) in [6.07, 6.45) is 0.474. The first-order valence-corrected chi connectivity index (χ1v) is 6.41. The Labute approximate surface area is 114 Å². The van der Waals surface area contributed by atoms with Gasteiger partial charge in [-0.25, -0.2) is 0 Å². The molecule has 1 saturated carbocycles. The molecule has 0 bridgehead atoms. The lowest BCUT2D eigenvalue weighted by molar-refractivity contribution is -0.497. The summed E-state index contributed by atoms with van der Waals surface area (Å²) in [6.45, 7) is 0.253. The zero-order valence-electron chi connectivity index (χ0n) is 10.6. The summed E-state index contributed by atoms with van der Waals surface area (Å²) in [4.78, 5) is 35.8. The number of carbonyl (C=O) groups is 2. The van der Waals surface area contributed by atoms with Crippen LogP contribution in [0, 0.1) is 16.0 Å². The zero-order chi connectivity index (χ0) is 14.3. The van der Waals surface area contributed by atoms with Crippen molar-refractivity contribution in [3.63, 3.8) is 0 Å². The molecule has 1 aliphatic heterocycles. The Morgan fingerprint density at radius 1 is 1.40 bits per heavy atom. The number of hydrogen-bond donors (Lipinski definition) is 1. The van der Waals surface area contributed by atoms with Crippen molar-refractivity contribution in [3.05, 3.63) is 34.4 Å². The lowest BCUT2D eigenvalue weighted by Crippen LogP contribution is -2.34. The van der Waals surface area contributed by atoms with Crippen LogP contribution in [0.5, 0.6) is 0 Å². The highest BCUT2D eigenvalue weighted by molar-refractivity contribution is 6.05. The van der Waals surface area contributed by atoms with E-state index in [-0.39, 0.29) is 31.2 Å². The molecule has 7 heteroatoms. The molecule has 1 N–H and O–H groups in total. The van der Waals surface area contributed by atoms with Crippen LogP contribution in [0.3, 0.4) is 0 Å². The van der Waals surface area contributed by atoms with Gasteiger partial charge in [-0.1, -0.05) is 12.1 Å². The molecule has 0 aromatic heterocycles. The SMILES string of the molecule is O=C1CCN(C(=O)[C@H]2C[C@@H]2[N+](=O)[O-])c2ccccc2N1. The third-order valence-electron chi connectivity index (χ3n) is 3.64. The van der Waals surface area contributed by atoms with Gasteiger partial charge in [-0.2, -0.15) is 0 Å². The molecule has 1 fully saturated rings. The largest absolute Gasteiger partial charge is 0.324 e. The smallest absolute Gasteiger partial charge is 0.237 e. The molecule has 0 radical (unpaired) electrons. The van der Waals surface area contributed by atoms with Crippen LogP contribution in [0.25, 0.3) is 0 Å². The molecule has 2 aliphatic rings. The summed E-state index contributed by atoms with van der Waals surface area (Å²) < 4.78 is 0. The van der Waals surface area contributed by atoms with Crippen molar-refractivity contribution in [2.24, 2.45) is 5.92 Å². The summed E-state index contributed by atoms with van der Waals surface area (Å²) in [5.74, 6) is -0.990. The average Bonchev–Trinajstić information content (AvgIpc) is 3.21. The van der Waals surface area contributed by atoms with E-state index in [2.05, 4.69) is 5.32 Å². The predicted molar refractivity (Wildman–Crippen MR) is 70.9 cm³/mol. The molecule has 2 amide bonds. The zero-order valence-corrected chi connectivity index (χ0v) is 10.6. The second-order valence-corrected chi connectivity index (χ2v) is 5.00. The van der Waals surface area contributed by atoms with Gasteiger partial charge in [-0.3, -0.25) is 19.7 Å². The van der Waals surface area contributed by atoms with Crippen molar-refractivity contribution in [2.45, 2.75) is 18.9 Å². The van der Waals surface area contributed by atoms with Crippen molar-refractivity contribution in [3.8, 4) is 0 Å². The van der Waals surface area contributed by atoms with E-state index in [1.54, 1.807) is 24.3 Å².